The summed E-state index contributed by atoms with van der Waals surface area (Å²) < 4.78 is 15.7. The number of nitro benzene ring substituents is 1. The molecule has 27 heavy (non-hydrogen) atoms. The van der Waals surface area contributed by atoms with Crippen molar-refractivity contribution < 1.29 is 23.9 Å². The molecule has 9 nitrogen and oxygen atoms in total. The van der Waals surface area contributed by atoms with E-state index in [1.807, 2.05) is 0 Å². The first-order valence-electron chi connectivity index (χ1n) is 8.15. The van der Waals surface area contributed by atoms with Crippen LogP contribution in [0.15, 0.2) is 41.5 Å². The van der Waals surface area contributed by atoms with Crippen molar-refractivity contribution in [2.24, 2.45) is 5.10 Å². The third-order valence-corrected chi connectivity index (χ3v) is 3.83. The van der Waals surface area contributed by atoms with E-state index in [-0.39, 0.29) is 18.2 Å². The largest absolute Gasteiger partial charge is 0.487 e. The minimum atomic E-state index is -0.521. The van der Waals surface area contributed by atoms with Crippen LogP contribution in [0, 0.1) is 10.1 Å². The quantitative estimate of drug-likeness (QED) is 0.475. The molecule has 1 aliphatic heterocycles. The Morgan fingerprint density at radius 1 is 1.22 bits per heavy atom. The zero-order valence-electron chi connectivity index (χ0n) is 14.7. The van der Waals surface area contributed by atoms with Crippen LogP contribution >= 0.6 is 0 Å². The normalized spacial score (nSPS) is 12.6. The number of nitro groups is 1. The van der Waals surface area contributed by atoms with Crippen LogP contribution in [0.4, 0.5) is 5.69 Å². The highest BCUT2D eigenvalue weighted by atomic mass is 16.7. The summed E-state index contributed by atoms with van der Waals surface area (Å²) in [6, 6.07) is 9.30. The van der Waals surface area contributed by atoms with E-state index >= 15 is 0 Å². The van der Waals surface area contributed by atoms with E-state index in [4.69, 9.17) is 14.2 Å². The van der Waals surface area contributed by atoms with E-state index in [0.717, 1.165) is 0 Å². The van der Waals surface area contributed by atoms with Crippen LogP contribution in [0.3, 0.4) is 0 Å². The summed E-state index contributed by atoms with van der Waals surface area (Å²) in [5.41, 5.74) is 3.53. The number of amides is 1. The molecule has 0 aromatic heterocycles. The fraction of sp³-hybridized carbons (Fsp3) is 0.222. The van der Waals surface area contributed by atoms with Gasteiger partial charge >= 0.3 is 5.69 Å². The molecule has 1 amide bonds. The molecule has 0 unspecified atom stereocenters. The molecule has 1 heterocycles. The van der Waals surface area contributed by atoms with Gasteiger partial charge in [-0.25, -0.2) is 5.43 Å². The van der Waals surface area contributed by atoms with E-state index in [1.54, 1.807) is 38.1 Å². The number of rotatable bonds is 6. The van der Waals surface area contributed by atoms with E-state index in [9.17, 15) is 14.9 Å². The number of hydrazone groups is 1. The Hall–Kier alpha value is -3.62. The first kappa shape index (κ1) is 18.2. The van der Waals surface area contributed by atoms with Crippen LogP contribution in [-0.4, -0.2) is 29.9 Å². The molecular formula is C18H17N3O6. The van der Waals surface area contributed by atoms with Crippen LogP contribution in [-0.2, 0) is 0 Å². The smallest absolute Gasteiger partial charge is 0.311 e. The molecule has 0 bridgehead atoms. The molecule has 1 aliphatic rings. The molecule has 0 fully saturated rings. The highest BCUT2D eigenvalue weighted by molar-refractivity contribution is 6.01. The molecule has 0 saturated heterocycles. The number of hydrogen-bond acceptors (Lipinski definition) is 7. The van der Waals surface area contributed by atoms with Gasteiger partial charge in [0.15, 0.2) is 17.2 Å². The maximum absolute atomic E-state index is 12.3. The van der Waals surface area contributed by atoms with Gasteiger partial charge in [-0.15, -0.1) is 0 Å². The van der Waals surface area contributed by atoms with Crippen molar-refractivity contribution in [3.8, 4) is 17.2 Å². The summed E-state index contributed by atoms with van der Waals surface area (Å²) in [5.74, 6) is 0.815. The highest BCUT2D eigenvalue weighted by Crippen LogP contribution is 2.32. The molecule has 0 saturated carbocycles. The average Bonchev–Trinajstić information content (AvgIpc) is 3.14. The molecular weight excluding hydrogens is 354 g/mol. The van der Waals surface area contributed by atoms with Crippen molar-refractivity contribution in [2.45, 2.75) is 13.8 Å². The molecule has 0 aliphatic carbocycles. The molecule has 3 rings (SSSR count). The fourth-order valence-electron chi connectivity index (χ4n) is 2.46. The Morgan fingerprint density at radius 3 is 2.70 bits per heavy atom. The Labute approximate surface area is 154 Å². The summed E-state index contributed by atoms with van der Waals surface area (Å²) in [7, 11) is 0. The van der Waals surface area contributed by atoms with Crippen LogP contribution in [0.2, 0.25) is 0 Å². The fourth-order valence-corrected chi connectivity index (χ4v) is 2.46. The number of ether oxygens (including phenoxy) is 3. The second kappa shape index (κ2) is 7.73. The first-order chi connectivity index (χ1) is 13.0. The molecule has 0 spiro atoms. The lowest BCUT2D eigenvalue weighted by atomic mass is 10.1. The summed E-state index contributed by atoms with van der Waals surface area (Å²) in [5, 5.41) is 15.2. The van der Waals surface area contributed by atoms with Gasteiger partial charge in [-0.3, -0.25) is 14.9 Å². The highest BCUT2D eigenvalue weighted by Gasteiger charge is 2.18. The van der Waals surface area contributed by atoms with Gasteiger partial charge in [-0.1, -0.05) is 0 Å². The maximum atomic E-state index is 12.3. The third kappa shape index (κ3) is 3.97. The minimum Gasteiger partial charge on any atom is -0.487 e. The van der Waals surface area contributed by atoms with Crippen LogP contribution < -0.4 is 19.6 Å². The van der Waals surface area contributed by atoms with Crippen molar-refractivity contribution in [3.63, 3.8) is 0 Å². The molecule has 0 atom stereocenters. The second-order valence-electron chi connectivity index (χ2n) is 5.58. The number of hydrogen-bond donors (Lipinski definition) is 1. The van der Waals surface area contributed by atoms with Gasteiger partial charge in [0.05, 0.1) is 17.2 Å². The molecule has 140 valence electrons. The van der Waals surface area contributed by atoms with Gasteiger partial charge in [0.2, 0.25) is 6.79 Å². The second-order valence-corrected chi connectivity index (χ2v) is 5.58. The maximum Gasteiger partial charge on any atom is 0.311 e. The number of nitrogens with zero attached hydrogens (tertiary/aromatic N) is 2. The number of fused-ring (bicyclic) bond motifs is 1. The van der Waals surface area contributed by atoms with Gasteiger partial charge in [-0.2, -0.15) is 5.10 Å². The summed E-state index contributed by atoms with van der Waals surface area (Å²) >= 11 is 0. The lowest BCUT2D eigenvalue weighted by molar-refractivity contribution is -0.385. The summed E-state index contributed by atoms with van der Waals surface area (Å²) in [6.45, 7) is 3.82. The SMILES string of the molecule is CCOc1ccc(/C(C)=N/NC(=O)c2ccc3c(c2)OCO3)cc1[N+](=O)[O-]. The number of carbonyl (C=O) groups excluding carboxylic acids is 1. The van der Waals surface area contributed by atoms with Crippen molar-refractivity contribution in [1.29, 1.82) is 0 Å². The monoisotopic (exact) mass is 371 g/mol. The average molecular weight is 371 g/mol. The number of nitrogens with one attached hydrogen (secondary N) is 1. The van der Waals surface area contributed by atoms with Gasteiger partial charge in [0, 0.05) is 17.2 Å². The molecule has 0 radical (unpaired) electrons. The summed E-state index contributed by atoms with van der Waals surface area (Å²) in [6.07, 6.45) is 0. The molecule has 2 aromatic rings. The Balaban J connectivity index is 1.76. The van der Waals surface area contributed by atoms with E-state index in [0.29, 0.717) is 34.9 Å². The third-order valence-electron chi connectivity index (χ3n) is 3.83. The number of benzene rings is 2. The van der Waals surface area contributed by atoms with Crippen LogP contribution in [0.1, 0.15) is 29.8 Å². The minimum absolute atomic E-state index is 0.119. The van der Waals surface area contributed by atoms with Gasteiger partial charge in [-0.05, 0) is 44.2 Å². The zero-order chi connectivity index (χ0) is 19.4. The molecule has 1 N–H and O–H groups in total. The molecule has 9 heteroatoms. The Bertz CT molecular complexity index is 925. The van der Waals surface area contributed by atoms with Crippen molar-refractivity contribution in [3.05, 3.63) is 57.6 Å². The van der Waals surface area contributed by atoms with E-state index < -0.39 is 10.8 Å². The van der Waals surface area contributed by atoms with Crippen LogP contribution in [0.5, 0.6) is 17.2 Å². The lowest BCUT2D eigenvalue weighted by Crippen LogP contribution is -2.19. The van der Waals surface area contributed by atoms with Crippen LogP contribution in [0.25, 0.3) is 0 Å². The Morgan fingerprint density at radius 2 is 1.96 bits per heavy atom. The van der Waals surface area contributed by atoms with Crippen molar-refractivity contribution in [1.82, 2.24) is 5.43 Å². The zero-order valence-corrected chi connectivity index (χ0v) is 14.7. The molecule has 2 aromatic carbocycles. The predicted octanol–water partition coefficient (Wildman–Crippen LogP) is 2.88. The number of carbonyl (C=O) groups is 1. The topological polar surface area (TPSA) is 112 Å². The lowest BCUT2D eigenvalue weighted by Gasteiger charge is -2.07. The van der Waals surface area contributed by atoms with Crippen molar-refractivity contribution in [2.75, 3.05) is 13.4 Å². The van der Waals surface area contributed by atoms with Gasteiger partial charge < -0.3 is 14.2 Å². The summed E-state index contributed by atoms with van der Waals surface area (Å²) in [4.78, 5) is 22.9. The van der Waals surface area contributed by atoms with Crippen molar-refractivity contribution >= 4 is 17.3 Å². The predicted molar refractivity (Wildman–Crippen MR) is 96.5 cm³/mol. The van der Waals surface area contributed by atoms with Gasteiger partial charge in [0.1, 0.15) is 0 Å². The van der Waals surface area contributed by atoms with Gasteiger partial charge in [0.25, 0.3) is 5.91 Å². The van der Waals surface area contributed by atoms with E-state index in [2.05, 4.69) is 10.5 Å². The standard InChI is InChI=1S/C18H17N3O6/c1-3-25-15-6-4-12(8-14(15)21(23)24)11(2)19-20-18(22)13-5-7-16-17(9-13)27-10-26-16/h4-9H,3,10H2,1-2H3,(H,20,22)/b19-11+. The Kier molecular flexibility index (Phi) is 5.20. The first-order valence-corrected chi connectivity index (χ1v) is 8.15. The van der Waals surface area contributed by atoms with E-state index in [1.165, 1.54) is 12.1 Å².